The van der Waals surface area contributed by atoms with E-state index < -0.39 is 45.9 Å². The molecule has 0 spiro atoms. The number of fused-ring (bicyclic) bond motifs is 1. The first-order valence-electron chi connectivity index (χ1n) is 14.3. The Labute approximate surface area is 256 Å². The van der Waals surface area contributed by atoms with Gasteiger partial charge in [-0.1, -0.05) is 72.8 Å². The summed E-state index contributed by atoms with van der Waals surface area (Å²) < 4.78 is 28.4. The fraction of sp³-hybridized carbons (Fsp3) is 0.387. The number of carbonyl (C=O) groups is 3. The molecule has 12 heteroatoms. The number of aryl methyl sites for hydroxylation is 1. The van der Waals surface area contributed by atoms with Gasteiger partial charge in [0.05, 0.1) is 11.7 Å². The molecule has 1 heterocycles. The summed E-state index contributed by atoms with van der Waals surface area (Å²) in [6, 6.07) is 19.7. The van der Waals surface area contributed by atoms with Crippen LogP contribution < -0.4 is 15.8 Å². The van der Waals surface area contributed by atoms with Gasteiger partial charge in [0.1, 0.15) is 18.1 Å². The minimum atomic E-state index is -3.87. The number of benzene rings is 3. The fourth-order valence-electron chi connectivity index (χ4n) is 5.26. The van der Waals surface area contributed by atoms with Gasteiger partial charge in [-0.2, -0.15) is 0 Å². The van der Waals surface area contributed by atoms with Crippen molar-refractivity contribution < 1.29 is 27.9 Å². The molecule has 1 aliphatic heterocycles. The molecule has 3 amide bonds. The number of hydrogen-bond donors (Lipinski definition) is 4. The van der Waals surface area contributed by atoms with Crippen LogP contribution in [-0.4, -0.2) is 78.3 Å². The number of hydrogen-bond acceptors (Lipinski definition) is 7. The highest BCUT2D eigenvalue weighted by atomic mass is 32.2. The Hall–Kier alpha value is -3.45. The SMILES string of the molecule is NC(=O)[C@H](Cc1ccc2ccccc2c1)NC(=O)[C@@H]1CCCCN1C(=O)[C@H](CSCO)NS(=O)(=O)CCc1ccccc1. The first-order valence-corrected chi connectivity index (χ1v) is 17.1. The van der Waals surface area contributed by atoms with Crippen molar-refractivity contribution >= 4 is 50.3 Å². The smallest absolute Gasteiger partial charge is 0.243 e. The lowest BCUT2D eigenvalue weighted by atomic mass is 9.98. The molecule has 0 aromatic heterocycles. The Morgan fingerprint density at radius 2 is 1.67 bits per heavy atom. The molecule has 1 fully saturated rings. The maximum atomic E-state index is 13.7. The van der Waals surface area contributed by atoms with Crippen molar-refractivity contribution in [1.29, 1.82) is 0 Å². The third-order valence-electron chi connectivity index (χ3n) is 7.50. The van der Waals surface area contributed by atoms with Crippen LogP contribution in [0.15, 0.2) is 72.8 Å². The third-order valence-corrected chi connectivity index (χ3v) is 9.64. The summed E-state index contributed by atoms with van der Waals surface area (Å²) in [6.07, 6.45) is 2.15. The first-order chi connectivity index (χ1) is 20.7. The topological polar surface area (TPSA) is 159 Å². The maximum Gasteiger partial charge on any atom is 0.243 e. The molecule has 4 rings (SSSR count). The average Bonchev–Trinajstić information content (AvgIpc) is 3.01. The summed E-state index contributed by atoms with van der Waals surface area (Å²) >= 11 is 1.01. The number of sulfonamides is 1. The second-order valence-electron chi connectivity index (χ2n) is 10.6. The fourth-order valence-corrected chi connectivity index (χ4v) is 7.17. The van der Waals surface area contributed by atoms with Gasteiger partial charge in [0.15, 0.2) is 0 Å². The quantitative estimate of drug-likeness (QED) is 0.199. The number of rotatable bonds is 14. The van der Waals surface area contributed by atoms with Crippen LogP contribution in [0.5, 0.6) is 0 Å². The van der Waals surface area contributed by atoms with E-state index in [0.29, 0.717) is 19.3 Å². The van der Waals surface area contributed by atoms with Crippen LogP contribution in [0.4, 0.5) is 0 Å². The van der Waals surface area contributed by atoms with Crippen LogP contribution in [0, 0.1) is 0 Å². The zero-order chi connectivity index (χ0) is 30.8. The largest absolute Gasteiger partial charge is 0.386 e. The van der Waals surface area contributed by atoms with E-state index >= 15 is 0 Å². The molecule has 10 nitrogen and oxygen atoms in total. The molecule has 3 aromatic rings. The Balaban J connectivity index is 1.46. The van der Waals surface area contributed by atoms with Crippen LogP contribution in [0.1, 0.15) is 30.4 Å². The Morgan fingerprint density at radius 3 is 2.40 bits per heavy atom. The molecule has 0 bridgehead atoms. The van der Waals surface area contributed by atoms with Gasteiger partial charge in [-0.3, -0.25) is 14.4 Å². The van der Waals surface area contributed by atoms with Crippen LogP contribution in [0.2, 0.25) is 0 Å². The first kappa shape index (κ1) is 32.5. The van der Waals surface area contributed by atoms with E-state index in [1.807, 2.05) is 72.8 Å². The Kier molecular flexibility index (Phi) is 11.6. The van der Waals surface area contributed by atoms with Gasteiger partial charge in [-0.05, 0) is 47.6 Å². The third kappa shape index (κ3) is 9.27. The molecule has 3 atom stereocenters. The molecule has 0 radical (unpaired) electrons. The van der Waals surface area contributed by atoms with Gasteiger partial charge in [0.2, 0.25) is 27.7 Å². The highest BCUT2D eigenvalue weighted by Gasteiger charge is 2.38. The maximum absolute atomic E-state index is 13.7. The summed E-state index contributed by atoms with van der Waals surface area (Å²) in [5.74, 6) is -2.28. The number of primary amides is 1. The molecular formula is C31H38N4O6S2. The van der Waals surface area contributed by atoms with Gasteiger partial charge in [-0.15, -0.1) is 11.8 Å². The number of aliphatic hydroxyl groups is 1. The minimum Gasteiger partial charge on any atom is -0.386 e. The molecule has 0 saturated carbocycles. The van der Waals surface area contributed by atoms with E-state index in [2.05, 4.69) is 10.0 Å². The van der Waals surface area contributed by atoms with E-state index in [1.54, 1.807) is 0 Å². The summed E-state index contributed by atoms with van der Waals surface area (Å²) in [5, 5.41) is 14.2. The second kappa shape index (κ2) is 15.3. The van der Waals surface area contributed by atoms with Gasteiger partial charge < -0.3 is 21.1 Å². The van der Waals surface area contributed by atoms with Gasteiger partial charge in [0, 0.05) is 18.7 Å². The number of nitrogens with one attached hydrogen (secondary N) is 2. The molecule has 1 saturated heterocycles. The highest BCUT2D eigenvalue weighted by molar-refractivity contribution is 7.99. The van der Waals surface area contributed by atoms with Crippen molar-refractivity contribution in [3.05, 3.63) is 83.9 Å². The monoisotopic (exact) mass is 626 g/mol. The molecular weight excluding hydrogens is 588 g/mol. The zero-order valence-corrected chi connectivity index (χ0v) is 25.5. The highest BCUT2D eigenvalue weighted by Crippen LogP contribution is 2.21. The number of piperidine rings is 1. The minimum absolute atomic E-state index is 0.00336. The number of amides is 3. The number of carbonyl (C=O) groups excluding carboxylic acids is 3. The van der Waals surface area contributed by atoms with E-state index in [1.165, 1.54) is 4.90 Å². The molecule has 0 aliphatic carbocycles. The predicted molar refractivity (Wildman–Crippen MR) is 169 cm³/mol. The van der Waals surface area contributed by atoms with Crippen molar-refractivity contribution in [2.75, 3.05) is 24.0 Å². The van der Waals surface area contributed by atoms with E-state index in [0.717, 1.165) is 33.7 Å². The number of thioether (sulfide) groups is 1. The molecule has 230 valence electrons. The molecule has 43 heavy (non-hydrogen) atoms. The van der Waals surface area contributed by atoms with Crippen molar-refractivity contribution in [2.24, 2.45) is 5.73 Å². The van der Waals surface area contributed by atoms with Crippen LogP contribution in [-0.2, 0) is 37.2 Å². The van der Waals surface area contributed by atoms with E-state index in [4.69, 9.17) is 5.73 Å². The normalized spacial score (nSPS) is 16.9. The lowest BCUT2D eigenvalue weighted by Gasteiger charge is -2.37. The van der Waals surface area contributed by atoms with E-state index in [9.17, 15) is 27.9 Å². The summed E-state index contributed by atoms with van der Waals surface area (Å²) in [4.78, 5) is 41.0. The van der Waals surface area contributed by atoms with Crippen LogP contribution >= 0.6 is 11.8 Å². The predicted octanol–water partition coefficient (Wildman–Crippen LogP) is 1.95. The molecule has 1 aliphatic rings. The standard InChI is InChI=1S/C31H38N4O6S2/c32-29(37)26(19-23-13-14-24-10-4-5-11-25(24)18-23)33-30(38)28-12-6-7-16-35(28)31(39)27(20-42-21-36)34-43(40,41)17-15-22-8-2-1-3-9-22/h1-5,8-11,13-14,18,26-28,34,36H,6-7,12,15-17,19-21H2,(H2,32,37)(H,33,38)/t26-,27-,28-/m0/s1. The number of nitrogens with zero attached hydrogens (tertiary/aromatic N) is 1. The van der Waals surface area contributed by atoms with Gasteiger partial charge in [0.25, 0.3) is 0 Å². The van der Waals surface area contributed by atoms with Crippen LogP contribution in [0.25, 0.3) is 10.8 Å². The van der Waals surface area contributed by atoms with Crippen LogP contribution in [0.3, 0.4) is 0 Å². The van der Waals surface area contributed by atoms with Crippen molar-refractivity contribution in [1.82, 2.24) is 14.9 Å². The molecule has 5 N–H and O–H groups in total. The van der Waals surface area contributed by atoms with Crippen molar-refractivity contribution in [3.8, 4) is 0 Å². The van der Waals surface area contributed by atoms with Gasteiger partial charge in [-0.25, -0.2) is 13.1 Å². The second-order valence-corrected chi connectivity index (χ2v) is 13.5. The van der Waals surface area contributed by atoms with Gasteiger partial charge >= 0.3 is 0 Å². The van der Waals surface area contributed by atoms with E-state index in [-0.39, 0.29) is 36.8 Å². The molecule has 3 aromatic carbocycles. The lowest BCUT2D eigenvalue weighted by Crippen LogP contribution is -2.60. The average molecular weight is 627 g/mol. The Bertz CT molecular complexity index is 1520. The summed E-state index contributed by atoms with van der Waals surface area (Å²) in [6.45, 7) is 0.259. The lowest BCUT2D eigenvalue weighted by molar-refractivity contribution is -0.143. The van der Waals surface area contributed by atoms with Crippen molar-refractivity contribution in [2.45, 2.75) is 50.2 Å². The number of likely N-dealkylation sites (tertiary alicyclic amines) is 1. The van der Waals surface area contributed by atoms with Crippen molar-refractivity contribution in [3.63, 3.8) is 0 Å². The number of nitrogens with two attached hydrogens (primary N) is 1. The summed E-state index contributed by atoms with van der Waals surface area (Å²) in [5.41, 5.74) is 7.35. The number of aliphatic hydroxyl groups excluding tert-OH is 1. The zero-order valence-electron chi connectivity index (χ0n) is 23.9. The molecule has 0 unspecified atom stereocenters. The summed E-state index contributed by atoms with van der Waals surface area (Å²) in [7, 11) is -3.87. The Morgan fingerprint density at radius 1 is 0.953 bits per heavy atom.